The first-order chi connectivity index (χ1) is 18.0. The summed E-state index contributed by atoms with van der Waals surface area (Å²) in [6.07, 6.45) is -1.09. The third-order valence-electron chi connectivity index (χ3n) is 2.08. The minimum Gasteiger partial charge on any atom is -0.481 e. The fraction of sp³-hybridized carbons (Fsp3) is 0.773. The second-order valence-electron chi connectivity index (χ2n) is 7.39. The van der Waals surface area contributed by atoms with E-state index in [1.165, 1.54) is 27.7 Å². The number of hydrogen-bond donors (Lipinski definition) is 13. The summed E-state index contributed by atoms with van der Waals surface area (Å²) in [5.74, 6) is -4.74. The smallest absolute Gasteiger partial charge is 0.303 e. The van der Waals surface area contributed by atoms with Gasteiger partial charge in [-0.05, 0) is 40.5 Å². The van der Waals surface area contributed by atoms with E-state index < -0.39 is 54.8 Å². The van der Waals surface area contributed by atoms with Crippen LogP contribution in [-0.4, -0.2) is 101 Å². The summed E-state index contributed by atoms with van der Waals surface area (Å²) in [6.45, 7) is 7.98. The SMILES string of the molecule is CC(N)O.CC(N)O.CC(N)O.CC(N)O.CCCCC(=O)O.O=C(O)CCC(=O)O.O=C(O)CCCC(=O)O. The standard InChI is InChI=1S/C5H8O4.C5H10O2.C4H6O4.4C2H7NO/c6-4(7)2-1-3-5(8)9;1-2-3-4-5(6)7;5-3(6)1-2-4(7)8;4*1-2(3)4/h1-3H2,(H,6,7)(H,8,9);2-4H2,1H3,(H,6,7);1-2H2,(H,5,6)(H,7,8);4*2,4H,3H2,1H3. The van der Waals surface area contributed by atoms with Crippen LogP contribution in [0, 0.1) is 0 Å². The van der Waals surface area contributed by atoms with E-state index in [-0.39, 0.29) is 32.1 Å². The number of aliphatic hydroxyl groups is 4. The lowest BCUT2D eigenvalue weighted by molar-refractivity contribution is -0.143. The summed E-state index contributed by atoms with van der Waals surface area (Å²) < 4.78 is 0. The number of carbonyl (C=O) groups is 5. The first-order valence-electron chi connectivity index (χ1n) is 11.8. The van der Waals surface area contributed by atoms with Gasteiger partial charge in [-0.2, -0.15) is 0 Å². The van der Waals surface area contributed by atoms with E-state index in [9.17, 15) is 24.0 Å². The Kier molecular flexibility index (Phi) is 57.4. The molecule has 0 aliphatic heterocycles. The maximum atomic E-state index is 9.79. The van der Waals surface area contributed by atoms with E-state index in [0.717, 1.165) is 12.8 Å². The minimum absolute atomic E-state index is 0.0632. The molecule has 0 aliphatic carbocycles. The summed E-state index contributed by atoms with van der Waals surface area (Å²) in [7, 11) is 0. The molecule has 0 saturated carbocycles. The van der Waals surface area contributed by atoms with Crippen LogP contribution in [-0.2, 0) is 24.0 Å². The minimum atomic E-state index is -1.08. The van der Waals surface area contributed by atoms with Crippen molar-refractivity contribution in [3.63, 3.8) is 0 Å². The molecule has 0 fully saturated rings. The monoisotopic (exact) mass is 596 g/mol. The van der Waals surface area contributed by atoms with Gasteiger partial charge in [0.25, 0.3) is 0 Å². The largest absolute Gasteiger partial charge is 0.481 e. The Labute approximate surface area is 234 Å². The van der Waals surface area contributed by atoms with Crippen LogP contribution in [0.5, 0.6) is 0 Å². The second-order valence-corrected chi connectivity index (χ2v) is 7.39. The molecule has 0 bridgehead atoms. The van der Waals surface area contributed by atoms with Crippen molar-refractivity contribution in [2.24, 2.45) is 22.9 Å². The van der Waals surface area contributed by atoms with E-state index in [2.05, 4.69) is 22.9 Å². The Bertz CT molecular complexity index is 527. The van der Waals surface area contributed by atoms with Gasteiger partial charge in [0.1, 0.15) is 0 Å². The number of carboxylic acid groups (broad SMARTS) is 5. The van der Waals surface area contributed by atoms with Crippen molar-refractivity contribution in [2.75, 3.05) is 0 Å². The van der Waals surface area contributed by atoms with Crippen LogP contribution in [0.3, 0.4) is 0 Å². The quantitative estimate of drug-likeness (QED) is 0.130. The molecular formula is C22H52N4O14. The number of hydrogen-bond acceptors (Lipinski definition) is 13. The first-order valence-corrected chi connectivity index (χ1v) is 11.8. The zero-order chi connectivity index (χ0) is 33.9. The highest BCUT2D eigenvalue weighted by Crippen LogP contribution is 1.93. The normalized spacial score (nSPS) is 11.5. The van der Waals surface area contributed by atoms with Gasteiger partial charge in [-0.1, -0.05) is 13.3 Å². The molecule has 244 valence electrons. The van der Waals surface area contributed by atoms with Crippen LogP contribution in [0.2, 0.25) is 0 Å². The molecule has 18 heteroatoms. The van der Waals surface area contributed by atoms with Crippen LogP contribution < -0.4 is 22.9 Å². The molecular weight excluding hydrogens is 544 g/mol. The van der Waals surface area contributed by atoms with Gasteiger partial charge >= 0.3 is 29.8 Å². The fourth-order valence-electron chi connectivity index (χ4n) is 0.933. The molecule has 0 aromatic heterocycles. The van der Waals surface area contributed by atoms with Gasteiger partial charge in [0, 0.05) is 19.3 Å². The molecule has 0 aromatic carbocycles. The van der Waals surface area contributed by atoms with Crippen molar-refractivity contribution < 1.29 is 69.9 Å². The maximum absolute atomic E-state index is 9.79. The van der Waals surface area contributed by atoms with E-state index in [0.29, 0.717) is 6.42 Å². The molecule has 4 unspecified atom stereocenters. The number of nitrogens with two attached hydrogens (primary N) is 4. The second kappa shape index (κ2) is 43.1. The first kappa shape index (κ1) is 53.3. The highest BCUT2D eigenvalue weighted by atomic mass is 16.4. The molecule has 0 heterocycles. The molecule has 17 N–H and O–H groups in total. The van der Waals surface area contributed by atoms with Crippen LogP contribution in [0.25, 0.3) is 0 Å². The van der Waals surface area contributed by atoms with Crippen molar-refractivity contribution >= 4 is 29.8 Å². The van der Waals surface area contributed by atoms with Gasteiger partial charge in [0.05, 0.1) is 37.8 Å². The maximum Gasteiger partial charge on any atom is 0.303 e. The van der Waals surface area contributed by atoms with Crippen molar-refractivity contribution in [1.82, 2.24) is 0 Å². The number of aliphatic hydroxyl groups excluding tert-OH is 4. The van der Waals surface area contributed by atoms with Gasteiger partial charge in [0.15, 0.2) is 0 Å². The molecule has 0 saturated heterocycles. The molecule has 0 radical (unpaired) electrons. The van der Waals surface area contributed by atoms with Gasteiger partial charge in [0.2, 0.25) is 0 Å². The van der Waals surface area contributed by atoms with Gasteiger partial charge < -0.3 is 68.9 Å². The number of aliphatic carboxylic acids is 5. The van der Waals surface area contributed by atoms with Gasteiger partial charge in [-0.25, -0.2) is 0 Å². The Hall–Kier alpha value is -2.97. The van der Waals surface area contributed by atoms with Crippen LogP contribution in [0.4, 0.5) is 0 Å². The number of unbranched alkanes of at least 4 members (excludes halogenated alkanes) is 1. The van der Waals surface area contributed by atoms with E-state index in [1.54, 1.807) is 0 Å². The summed E-state index contributed by atoms with van der Waals surface area (Å²) in [4.78, 5) is 48.6. The summed E-state index contributed by atoms with van der Waals surface area (Å²) in [5.41, 5.74) is 18.7. The average molecular weight is 597 g/mol. The number of carboxylic acids is 5. The Morgan fingerprint density at radius 1 is 0.450 bits per heavy atom. The number of rotatable bonds is 10. The lowest BCUT2D eigenvalue weighted by atomic mass is 10.2. The Balaban J connectivity index is -0.0000000655. The van der Waals surface area contributed by atoms with Crippen molar-refractivity contribution in [3.05, 3.63) is 0 Å². The topological polar surface area (TPSA) is 372 Å². The summed E-state index contributed by atoms with van der Waals surface area (Å²) in [5, 5.41) is 71.2. The lowest BCUT2D eigenvalue weighted by Gasteiger charge is -1.89. The molecule has 0 amide bonds. The molecule has 18 nitrogen and oxygen atoms in total. The van der Waals surface area contributed by atoms with E-state index >= 15 is 0 Å². The molecule has 0 aliphatic rings. The molecule has 0 rings (SSSR count). The third-order valence-corrected chi connectivity index (χ3v) is 2.08. The van der Waals surface area contributed by atoms with Crippen LogP contribution in [0.1, 0.15) is 86.0 Å². The summed E-state index contributed by atoms with van der Waals surface area (Å²) in [6, 6.07) is 0. The van der Waals surface area contributed by atoms with E-state index in [4.69, 9.17) is 46.0 Å². The Morgan fingerprint density at radius 3 is 0.700 bits per heavy atom. The van der Waals surface area contributed by atoms with Gasteiger partial charge in [-0.15, -0.1) is 0 Å². The summed E-state index contributed by atoms with van der Waals surface area (Å²) >= 11 is 0. The highest BCUT2D eigenvalue weighted by Gasteiger charge is 2.00. The van der Waals surface area contributed by atoms with Crippen LogP contribution in [0.15, 0.2) is 0 Å². The van der Waals surface area contributed by atoms with Gasteiger partial charge in [-0.3, -0.25) is 24.0 Å². The van der Waals surface area contributed by atoms with Crippen LogP contribution >= 0.6 is 0 Å². The Morgan fingerprint density at radius 2 is 0.600 bits per heavy atom. The average Bonchev–Trinajstić information content (AvgIpc) is 2.69. The van der Waals surface area contributed by atoms with Crippen molar-refractivity contribution in [3.8, 4) is 0 Å². The predicted octanol–water partition coefficient (Wildman–Crippen LogP) is -1.34. The highest BCUT2D eigenvalue weighted by molar-refractivity contribution is 5.75. The van der Waals surface area contributed by atoms with Crippen molar-refractivity contribution in [2.45, 2.75) is 111 Å². The molecule has 0 aromatic rings. The zero-order valence-corrected chi connectivity index (χ0v) is 23.8. The lowest BCUT2D eigenvalue weighted by Crippen LogP contribution is -2.11. The zero-order valence-electron chi connectivity index (χ0n) is 23.8. The van der Waals surface area contributed by atoms with E-state index in [1.807, 2.05) is 6.92 Å². The fourth-order valence-corrected chi connectivity index (χ4v) is 0.933. The molecule has 4 atom stereocenters. The molecule has 40 heavy (non-hydrogen) atoms. The third kappa shape index (κ3) is 280. The predicted molar refractivity (Wildman–Crippen MR) is 144 cm³/mol. The van der Waals surface area contributed by atoms with Crippen molar-refractivity contribution in [1.29, 1.82) is 0 Å². The molecule has 0 spiro atoms.